The molecule has 1 fully saturated rings. The van der Waals surface area contributed by atoms with E-state index in [2.05, 4.69) is 0 Å². The van der Waals surface area contributed by atoms with E-state index in [1.165, 1.54) is 31.7 Å². The van der Waals surface area contributed by atoms with Crippen LogP contribution >= 0.6 is 11.8 Å². The number of rotatable bonds is 6. The molecule has 1 aliphatic rings. The van der Waals surface area contributed by atoms with E-state index in [1.807, 2.05) is 0 Å². The zero-order chi connectivity index (χ0) is 14.5. The number of aromatic carboxylic acids is 1. The average Bonchev–Trinajstić information content (AvgIpc) is 2.91. The minimum absolute atomic E-state index is 0.170. The van der Waals surface area contributed by atoms with Crippen LogP contribution in [0.3, 0.4) is 0 Å². The fraction of sp³-hybridized carbons (Fsp3) is 0.500. The highest BCUT2D eigenvalue weighted by Crippen LogP contribution is 2.31. The third kappa shape index (κ3) is 3.50. The van der Waals surface area contributed by atoms with Gasteiger partial charge in [0.1, 0.15) is 5.56 Å². The molecule has 5 nitrogen and oxygen atoms in total. The number of hydrogen-bond donors (Lipinski definition) is 1. The van der Waals surface area contributed by atoms with Gasteiger partial charge in [0.2, 0.25) is 0 Å². The third-order valence-electron chi connectivity index (χ3n) is 3.63. The largest absolute Gasteiger partial charge is 0.477 e. The average molecular weight is 295 g/mol. The lowest BCUT2D eigenvalue weighted by Gasteiger charge is -2.10. The second-order valence-corrected chi connectivity index (χ2v) is 6.07. The molecular weight excluding hydrogens is 278 g/mol. The Bertz CT molecular complexity index is 512. The van der Waals surface area contributed by atoms with Gasteiger partial charge < -0.3 is 5.11 Å². The normalized spacial score (nSPS) is 15.4. The highest BCUT2D eigenvalue weighted by atomic mass is 32.2. The van der Waals surface area contributed by atoms with Crippen LogP contribution < -0.4 is 0 Å². The molecule has 0 amide bonds. The van der Waals surface area contributed by atoms with E-state index in [0.29, 0.717) is 17.2 Å². The molecule has 1 saturated carbocycles. The van der Waals surface area contributed by atoms with Gasteiger partial charge in [0.05, 0.1) is 4.92 Å². The van der Waals surface area contributed by atoms with Gasteiger partial charge in [-0.2, -0.15) is 11.8 Å². The van der Waals surface area contributed by atoms with Crippen LogP contribution in [0.2, 0.25) is 0 Å². The maximum Gasteiger partial charge on any atom is 0.343 e. The molecule has 1 N–H and O–H groups in total. The van der Waals surface area contributed by atoms with Crippen LogP contribution in [0.4, 0.5) is 5.69 Å². The van der Waals surface area contributed by atoms with Crippen LogP contribution in [-0.4, -0.2) is 21.8 Å². The van der Waals surface area contributed by atoms with Crippen LogP contribution in [0, 0.1) is 16.0 Å². The highest BCUT2D eigenvalue weighted by Gasteiger charge is 2.23. The minimum atomic E-state index is -1.23. The maximum atomic E-state index is 11.3. The second kappa shape index (κ2) is 6.74. The molecular formula is C14H17NO4S. The minimum Gasteiger partial charge on any atom is -0.477 e. The van der Waals surface area contributed by atoms with Crippen molar-refractivity contribution in [3.63, 3.8) is 0 Å². The number of carboxylic acids is 1. The van der Waals surface area contributed by atoms with E-state index >= 15 is 0 Å². The zero-order valence-corrected chi connectivity index (χ0v) is 11.9. The van der Waals surface area contributed by atoms with Crippen molar-refractivity contribution >= 4 is 23.4 Å². The predicted octanol–water partition coefficient (Wildman–Crippen LogP) is 3.72. The maximum absolute atomic E-state index is 11.3. The first-order chi connectivity index (χ1) is 9.59. The molecule has 20 heavy (non-hydrogen) atoms. The number of thioether (sulfide) groups is 1. The Hall–Kier alpha value is -1.56. The van der Waals surface area contributed by atoms with Crippen LogP contribution in [0.25, 0.3) is 0 Å². The highest BCUT2D eigenvalue weighted by molar-refractivity contribution is 7.98. The monoisotopic (exact) mass is 295 g/mol. The van der Waals surface area contributed by atoms with Crippen molar-refractivity contribution in [1.29, 1.82) is 0 Å². The lowest BCUT2D eigenvalue weighted by molar-refractivity contribution is -0.385. The Labute approximate surface area is 121 Å². The summed E-state index contributed by atoms with van der Waals surface area (Å²) in [5, 5.41) is 20.1. The summed E-state index contributed by atoms with van der Waals surface area (Å²) in [6, 6.07) is 4.46. The van der Waals surface area contributed by atoms with E-state index in [4.69, 9.17) is 0 Å². The molecule has 0 aromatic heterocycles. The standard InChI is InChI=1S/C14H17NO4S/c16-14(17)13-11(6-3-7-12(13)15(18)19)9-20-8-10-4-1-2-5-10/h3,6-7,10H,1-2,4-5,8-9H2,(H,16,17). The van der Waals surface area contributed by atoms with E-state index in [0.717, 1.165) is 5.75 Å². The van der Waals surface area contributed by atoms with E-state index in [-0.39, 0.29) is 11.3 Å². The Balaban J connectivity index is 2.08. The van der Waals surface area contributed by atoms with E-state index in [1.54, 1.807) is 23.9 Å². The van der Waals surface area contributed by atoms with E-state index in [9.17, 15) is 20.0 Å². The summed E-state index contributed by atoms with van der Waals surface area (Å²) < 4.78 is 0. The molecule has 0 heterocycles. The Morgan fingerprint density at radius 1 is 1.40 bits per heavy atom. The summed E-state index contributed by atoms with van der Waals surface area (Å²) in [6.45, 7) is 0. The van der Waals surface area contributed by atoms with Crippen molar-refractivity contribution in [1.82, 2.24) is 0 Å². The Kier molecular flexibility index (Phi) is 5.00. The first-order valence-electron chi connectivity index (χ1n) is 6.67. The number of nitro groups is 1. The van der Waals surface area contributed by atoms with Gasteiger partial charge in [0.25, 0.3) is 5.69 Å². The second-order valence-electron chi connectivity index (χ2n) is 5.04. The Morgan fingerprint density at radius 3 is 2.70 bits per heavy atom. The van der Waals surface area contributed by atoms with Gasteiger partial charge in [0, 0.05) is 11.8 Å². The number of hydrogen-bond acceptors (Lipinski definition) is 4. The fourth-order valence-electron chi connectivity index (χ4n) is 2.62. The summed E-state index contributed by atoms with van der Waals surface area (Å²) in [5.74, 6) is 1.00. The lowest BCUT2D eigenvalue weighted by Crippen LogP contribution is -2.07. The molecule has 108 valence electrons. The number of carboxylic acid groups (broad SMARTS) is 1. The van der Waals surface area contributed by atoms with Crippen molar-refractivity contribution in [3.05, 3.63) is 39.4 Å². The van der Waals surface area contributed by atoms with Crippen molar-refractivity contribution in [2.45, 2.75) is 31.4 Å². The number of nitro benzene ring substituents is 1. The molecule has 0 radical (unpaired) electrons. The van der Waals surface area contributed by atoms with Gasteiger partial charge >= 0.3 is 5.97 Å². The fourth-order valence-corrected chi connectivity index (χ4v) is 3.86. The smallest absolute Gasteiger partial charge is 0.343 e. The molecule has 0 saturated heterocycles. The van der Waals surface area contributed by atoms with Gasteiger partial charge in [-0.25, -0.2) is 4.79 Å². The molecule has 1 aromatic rings. The van der Waals surface area contributed by atoms with Gasteiger partial charge in [-0.05, 0) is 30.1 Å². The number of nitrogens with zero attached hydrogens (tertiary/aromatic N) is 1. The summed E-state index contributed by atoms with van der Waals surface area (Å²) >= 11 is 1.67. The molecule has 6 heteroatoms. The first kappa shape index (κ1) is 14.8. The van der Waals surface area contributed by atoms with Gasteiger partial charge in [-0.1, -0.05) is 25.0 Å². The van der Waals surface area contributed by atoms with Gasteiger partial charge in [-0.15, -0.1) is 0 Å². The van der Waals surface area contributed by atoms with Crippen LogP contribution in [-0.2, 0) is 5.75 Å². The summed E-state index contributed by atoms with van der Waals surface area (Å²) in [6.07, 6.45) is 5.05. The lowest BCUT2D eigenvalue weighted by atomic mass is 10.1. The van der Waals surface area contributed by atoms with Crippen molar-refractivity contribution in [2.75, 3.05) is 5.75 Å². The van der Waals surface area contributed by atoms with Gasteiger partial charge in [-0.3, -0.25) is 10.1 Å². The van der Waals surface area contributed by atoms with Crippen LogP contribution in [0.1, 0.15) is 41.6 Å². The van der Waals surface area contributed by atoms with Crippen LogP contribution in [0.15, 0.2) is 18.2 Å². The topological polar surface area (TPSA) is 80.4 Å². The molecule has 2 rings (SSSR count). The Morgan fingerprint density at radius 2 is 2.10 bits per heavy atom. The quantitative estimate of drug-likeness (QED) is 0.639. The summed E-state index contributed by atoms with van der Waals surface area (Å²) in [7, 11) is 0. The van der Waals surface area contributed by atoms with Crippen molar-refractivity contribution in [2.24, 2.45) is 5.92 Å². The predicted molar refractivity (Wildman–Crippen MR) is 78.2 cm³/mol. The van der Waals surface area contributed by atoms with Crippen LogP contribution in [0.5, 0.6) is 0 Å². The summed E-state index contributed by atoms with van der Waals surface area (Å²) in [4.78, 5) is 21.5. The molecule has 1 aliphatic carbocycles. The number of carbonyl (C=O) groups is 1. The molecule has 0 bridgehead atoms. The molecule has 0 spiro atoms. The first-order valence-corrected chi connectivity index (χ1v) is 7.82. The molecule has 0 aliphatic heterocycles. The number of benzene rings is 1. The van der Waals surface area contributed by atoms with E-state index < -0.39 is 10.9 Å². The SMILES string of the molecule is O=C(O)c1c(CSCC2CCCC2)cccc1[N+](=O)[O-]. The third-order valence-corrected chi connectivity index (χ3v) is 4.85. The summed E-state index contributed by atoms with van der Waals surface area (Å²) in [5.41, 5.74) is 0.0441. The van der Waals surface area contributed by atoms with Crippen molar-refractivity contribution in [3.8, 4) is 0 Å². The molecule has 0 unspecified atom stereocenters. The van der Waals surface area contributed by atoms with Crippen molar-refractivity contribution < 1.29 is 14.8 Å². The zero-order valence-electron chi connectivity index (χ0n) is 11.1. The van der Waals surface area contributed by atoms with Gasteiger partial charge in [0.15, 0.2) is 0 Å². The molecule has 1 aromatic carbocycles. The molecule has 0 atom stereocenters.